The van der Waals surface area contributed by atoms with Gasteiger partial charge in [-0.25, -0.2) is 0 Å². The molecule has 0 aliphatic heterocycles. The van der Waals surface area contributed by atoms with Crippen molar-refractivity contribution in [2.45, 2.75) is 174 Å². The number of carbonyl (C=O) groups excluding carboxylic acids is 1. The average Bonchev–Trinajstić information content (AvgIpc) is 3.01. The Hall–Kier alpha value is -1.91. The van der Waals surface area contributed by atoms with Crippen molar-refractivity contribution in [3.05, 3.63) is 60.8 Å². The monoisotopic (exact) mass is 600 g/mol. The van der Waals surface area contributed by atoms with Crippen molar-refractivity contribution in [1.82, 2.24) is 5.32 Å². The zero-order valence-corrected chi connectivity index (χ0v) is 28.2. The minimum Gasteiger partial charge on any atom is -0.394 e. The van der Waals surface area contributed by atoms with Crippen LogP contribution in [0.2, 0.25) is 0 Å². The molecule has 43 heavy (non-hydrogen) atoms. The summed E-state index contributed by atoms with van der Waals surface area (Å²) in [5.41, 5.74) is 0. The number of amides is 1. The maximum absolute atomic E-state index is 12.3. The molecule has 4 heteroatoms. The second kappa shape index (κ2) is 34.6. The quantitative estimate of drug-likeness (QED) is 0.0548. The van der Waals surface area contributed by atoms with E-state index in [1.54, 1.807) is 6.08 Å². The fourth-order valence-corrected chi connectivity index (χ4v) is 4.99. The van der Waals surface area contributed by atoms with Crippen LogP contribution in [0.1, 0.15) is 162 Å². The maximum Gasteiger partial charge on any atom is 0.220 e. The Labute approximate surface area is 266 Å². The summed E-state index contributed by atoms with van der Waals surface area (Å²) in [5.74, 6) is -0.0783. The van der Waals surface area contributed by atoms with Crippen LogP contribution in [0.25, 0.3) is 0 Å². The molecule has 0 bridgehead atoms. The van der Waals surface area contributed by atoms with Crippen LogP contribution in [-0.2, 0) is 4.79 Å². The summed E-state index contributed by atoms with van der Waals surface area (Å²) >= 11 is 0. The van der Waals surface area contributed by atoms with Crippen molar-refractivity contribution in [2.75, 3.05) is 6.61 Å². The van der Waals surface area contributed by atoms with Gasteiger partial charge >= 0.3 is 0 Å². The van der Waals surface area contributed by atoms with E-state index in [1.165, 1.54) is 83.5 Å². The Morgan fingerprint density at radius 2 is 1.02 bits per heavy atom. The Morgan fingerprint density at radius 3 is 1.53 bits per heavy atom. The van der Waals surface area contributed by atoms with Crippen molar-refractivity contribution in [3.63, 3.8) is 0 Å². The van der Waals surface area contributed by atoms with Gasteiger partial charge in [0.1, 0.15) is 0 Å². The van der Waals surface area contributed by atoms with E-state index in [0.29, 0.717) is 6.42 Å². The zero-order chi connectivity index (χ0) is 31.5. The number of allylic oxidation sites excluding steroid dienone is 9. The van der Waals surface area contributed by atoms with Crippen LogP contribution in [0.3, 0.4) is 0 Å². The summed E-state index contributed by atoms with van der Waals surface area (Å²) in [7, 11) is 0. The Kier molecular flexibility index (Phi) is 33.0. The average molecular weight is 600 g/mol. The smallest absolute Gasteiger partial charge is 0.220 e. The van der Waals surface area contributed by atoms with Crippen molar-refractivity contribution in [2.24, 2.45) is 0 Å². The molecule has 0 aromatic rings. The predicted octanol–water partition coefficient (Wildman–Crippen LogP) is 10.6. The van der Waals surface area contributed by atoms with Gasteiger partial charge in [-0.15, -0.1) is 0 Å². The van der Waals surface area contributed by atoms with Crippen LogP contribution >= 0.6 is 0 Å². The Balaban J connectivity index is 3.64. The number of aliphatic hydroxyl groups excluding tert-OH is 2. The third-order valence-electron chi connectivity index (χ3n) is 7.76. The van der Waals surface area contributed by atoms with Crippen LogP contribution in [-0.4, -0.2) is 34.9 Å². The van der Waals surface area contributed by atoms with E-state index in [-0.39, 0.29) is 12.5 Å². The maximum atomic E-state index is 12.3. The lowest BCUT2D eigenvalue weighted by Gasteiger charge is -2.20. The van der Waals surface area contributed by atoms with E-state index >= 15 is 0 Å². The highest BCUT2D eigenvalue weighted by Gasteiger charge is 2.17. The first-order valence-electron chi connectivity index (χ1n) is 18.0. The van der Waals surface area contributed by atoms with Gasteiger partial charge in [-0.05, 0) is 57.8 Å². The molecule has 2 unspecified atom stereocenters. The fraction of sp³-hybridized carbons (Fsp3) is 0.718. The van der Waals surface area contributed by atoms with Gasteiger partial charge in [0.15, 0.2) is 0 Å². The van der Waals surface area contributed by atoms with E-state index in [4.69, 9.17) is 0 Å². The molecule has 0 spiro atoms. The second-order valence-electron chi connectivity index (χ2n) is 11.9. The Morgan fingerprint density at radius 1 is 0.581 bits per heavy atom. The molecule has 0 heterocycles. The number of hydrogen-bond donors (Lipinski definition) is 3. The number of aliphatic hydroxyl groups is 2. The van der Waals surface area contributed by atoms with Gasteiger partial charge in [0.2, 0.25) is 5.91 Å². The van der Waals surface area contributed by atoms with E-state index < -0.39 is 12.1 Å². The third-order valence-corrected chi connectivity index (χ3v) is 7.76. The topological polar surface area (TPSA) is 69.6 Å². The van der Waals surface area contributed by atoms with Crippen molar-refractivity contribution in [1.29, 1.82) is 0 Å². The molecule has 0 aromatic heterocycles. The molecule has 0 fully saturated rings. The summed E-state index contributed by atoms with van der Waals surface area (Å²) in [6, 6.07) is -0.626. The fourth-order valence-electron chi connectivity index (χ4n) is 4.99. The molecule has 0 aliphatic rings. The van der Waals surface area contributed by atoms with E-state index in [9.17, 15) is 15.0 Å². The molecular formula is C39H69NO3. The normalized spacial score (nSPS) is 13.9. The van der Waals surface area contributed by atoms with Gasteiger partial charge in [0.25, 0.3) is 0 Å². The summed E-state index contributed by atoms with van der Waals surface area (Å²) < 4.78 is 0. The summed E-state index contributed by atoms with van der Waals surface area (Å²) in [5, 5.41) is 22.8. The number of hydrogen-bond acceptors (Lipinski definition) is 3. The lowest BCUT2D eigenvalue weighted by molar-refractivity contribution is -0.123. The van der Waals surface area contributed by atoms with Crippen molar-refractivity contribution >= 4 is 5.91 Å². The first kappa shape index (κ1) is 41.1. The molecule has 1 amide bonds. The number of unbranched alkanes of at least 4 members (excludes halogenated alkanes) is 16. The molecule has 248 valence electrons. The molecule has 0 aromatic carbocycles. The number of nitrogens with one attached hydrogen (secondary N) is 1. The van der Waals surface area contributed by atoms with Gasteiger partial charge in [-0.2, -0.15) is 0 Å². The van der Waals surface area contributed by atoms with Gasteiger partial charge in [-0.1, -0.05) is 158 Å². The molecular weight excluding hydrogens is 530 g/mol. The molecule has 0 aliphatic carbocycles. The molecule has 0 saturated carbocycles. The first-order chi connectivity index (χ1) is 21.2. The molecule has 0 radical (unpaired) electrons. The molecule has 0 saturated heterocycles. The summed E-state index contributed by atoms with van der Waals surface area (Å²) in [4.78, 5) is 12.3. The lowest BCUT2D eigenvalue weighted by atomic mass is 10.1. The second-order valence-corrected chi connectivity index (χ2v) is 11.9. The van der Waals surface area contributed by atoms with Crippen molar-refractivity contribution < 1.29 is 15.0 Å². The number of carbonyl (C=O) groups is 1. The van der Waals surface area contributed by atoms with Crippen LogP contribution in [0.4, 0.5) is 0 Å². The molecule has 4 nitrogen and oxygen atoms in total. The van der Waals surface area contributed by atoms with Gasteiger partial charge in [0.05, 0.1) is 18.8 Å². The van der Waals surface area contributed by atoms with Crippen molar-refractivity contribution in [3.8, 4) is 0 Å². The zero-order valence-electron chi connectivity index (χ0n) is 28.2. The highest BCUT2D eigenvalue weighted by atomic mass is 16.3. The lowest BCUT2D eigenvalue weighted by Crippen LogP contribution is -2.45. The van der Waals surface area contributed by atoms with Crippen LogP contribution in [0, 0.1) is 0 Å². The van der Waals surface area contributed by atoms with Crippen LogP contribution in [0.15, 0.2) is 60.8 Å². The van der Waals surface area contributed by atoms with Crippen LogP contribution < -0.4 is 5.32 Å². The Bertz CT molecular complexity index is 737. The minimum absolute atomic E-state index is 0.0783. The van der Waals surface area contributed by atoms with Gasteiger partial charge in [-0.3, -0.25) is 4.79 Å². The first-order valence-corrected chi connectivity index (χ1v) is 18.0. The highest BCUT2D eigenvalue weighted by Crippen LogP contribution is 2.12. The molecule has 3 N–H and O–H groups in total. The van der Waals surface area contributed by atoms with Gasteiger partial charge in [0, 0.05) is 6.42 Å². The summed E-state index contributed by atoms with van der Waals surface area (Å²) in [6.45, 7) is 4.15. The molecule has 2 atom stereocenters. The summed E-state index contributed by atoms with van der Waals surface area (Å²) in [6.07, 6.45) is 47.3. The number of rotatable bonds is 31. The highest BCUT2D eigenvalue weighted by molar-refractivity contribution is 5.76. The predicted molar refractivity (Wildman–Crippen MR) is 188 cm³/mol. The van der Waals surface area contributed by atoms with E-state index in [0.717, 1.165) is 57.8 Å². The van der Waals surface area contributed by atoms with E-state index in [1.807, 2.05) is 6.08 Å². The van der Waals surface area contributed by atoms with Gasteiger partial charge < -0.3 is 15.5 Å². The standard InChI is InChI=1S/C39H69NO3/c1-3-5-7-9-11-13-15-16-17-18-19-20-21-22-23-24-25-27-29-31-33-35-39(43)40-37(36-41)38(42)34-32-30-28-26-14-12-10-8-6-4-2/h5,7,11,13,16-17,19-20,32,34,37-38,41-42H,3-4,6,8-10,12,14-15,18,21-31,33,35-36H2,1-2H3,(H,40,43)/b7-5-,13-11-,17-16-,20-19-,34-32+. The largest absolute Gasteiger partial charge is 0.394 e. The SMILES string of the molecule is CC/C=C\C/C=C\C/C=C\C/C=C\CCCCCCCCCCC(=O)NC(CO)C(O)/C=C/CCCCCCCCCC. The molecule has 0 rings (SSSR count). The minimum atomic E-state index is -0.842. The third kappa shape index (κ3) is 31.3. The van der Waals surface area contributed by atoms with Crippen LogP contribution in [0.5, 0.6) is 0 Å². The van der Waals surface area contributed by atoms with E-state index in [2.05, 4.69) is 67.8 Å².